The van der Waals surface area contributed by atoms with Crippen molar-refractivity contribution < 1.29 is 4.74 Å². The molecule has 3 rings (SSSR count). The van der Waals surface area contributed by atoms with E-state index in [0.29, 0.717) is 12.6 Å². The topological polar surface area (TPSA) is 37.4 Å². The maximum absolute atomic E-state index is 5.81. The molecule has 1 aromatic carbocycles. The highest BCUT2D eigenvalue weighted by Gasteiger charge is 2.17. The molecule has 1 fully saturated rings. The van der Waals surface area contributed by atoms with Crippen molar-refractivity contribution in [2.24, 2.45) is 0 Å². The number of pyridine rings is 1. The second-order valence-corrected chi connectivity index (χ2v) is 5.81. The highest BCUT2D eigenvalue weighted by Crippen LogP contribution is 2.16. The fourth-order valence-electron chi connectivity index (χ4n) is 2.69. The molecule has 0 unspecified atom stereocenters. The molecular formula is C18H24ClN3O. The Hall–Kier alpha value is -1.62. The van der Waals surface area contributed by atoms with Gasteiger partial charge in [0.05, 0.1) is 0 Å². The van der Waals surface area contributed by atoms with E-state index in [-0.39, 0.29) is 12.4 Å². The maximum atomic E-state index is 5.81. The summed E-state index contributed by atoms with van der Waals surface area (Å²) >= 11 is 0. The van der Waals surface area contributed by atoms with Gasteiger partial charge in [-0.2, -0.15) is 0 Å². The monoisotopic (exact) mass is 333 g/mol. The van der Waals surface area contributed by atoms with Gasteiger partial charge < -0.3 is 10.1 Å². The van der Waals surface area contributed by atoms with Gasteiger partial charge in [-0.1, -0.05) is 12.1 Å². The Morgan fingerprint density at radius 2 is 1.87 bits per heavy atom. The maximum Gasteiger partial charge on any atom is 0.119 e. The molecule has 124 valence electrons. The van der Waals surface area contributed by atoms with Crippen LogP contribution in [0.5, 0.6) is 5.75 Å². The predicted octanol–water partition coefficient (Wildman–Crippen LogP) is 2.88. The first-order valence-corrected chi connectivity index (χ1v) is 7.87. The zero-order valence-corrected chi connectivity index (χ0v) is 14.3. The summed E-state index contributed by atoms with van der Waals surface area (Å²) in [6.45, 7) is 7.13. The number of halogens is 1. The first-order chi connectivity index (χ1) is 10.8. The molecule has 2 heterocycles. The number of hydrogen-bond acceptors (Lipinski definition) is 4. The fourth-order valence-corrected chi connectivity index (χ4v) is 2.69. The third-order valence-corrected chi connectivity index (χ3v) is 4.10. The van der Waals surface area contributed by atoms with Crippen LogP contribution in [-0.4, -0.2) is 35.6 Å². The van der Waals surface area contributed by atoms with Gasteiger partial charge in [0.1, 0.15) is 12.4 Å². The summed E-state index contributed by atoms with van der Waals surface area (Å²) in [5.41, 5.74) is 2.47. The molecule has 0 amide bonds. The molecule has 0 aliphatic carbocycles. The third kappa shape index (κ3) is 5.20. The van der Waals surface area contributed by atoms with Crippen molar-refractivity contribution in [1.82, 2.24) is 15.2 Å². The molecule has 1 aliphatic heterocycles. The van der Waals surface area contributed by atoms with E-state index in [1.165, 1.54) is 5.56 Å². The SMILES string of the molecule is C[C@@H]1CNCCN1Cc1ccc(OCc2ccncc2)cc1.Cl. The van der Waals surface area contributed by atoms with Crippen molar-refractivity contribution in [2.75, 3.05) is 19.6 Å². The lowest BCUT2D eigenvalue weighted by Crippen LogP contribution is -2.49. The first kappa shape index (κ1) is 17.7. The molecule has 1 N–H and O–H groups in total. The van der Waals surface area contributed by atoms with Gasteiger partial charge in [0.15, 0.2) is 0 Å². The van der Waals surface area contributed by atoms with E-state index in [1.807, 2.05) is 12.1 Å². The molecule has 1 aromatic heterocycles. The molecule has 2 aromatic rings. The van der Waals surface area contributed by atoms with Gasteiger partial charge in [-0.25, -0.2) is 0 Å². The van der Waals surface area contributed by atoms with Crippen molar-refractivity contribution in [3.63, 3.8) is 0 Å². The Balaban J connectivity index is 0.00000192. The molecule has 1 atom stereocenters. The smallest absolute Gasteiger partial charge is 0.119 e. The third-order valence-electron chi connectivity index (χ3n) is 4.10. The second kappa shape index (κ2) is 8.87. The molecule has 0 radical (unpaired) electrons. The normalized spacial score (nSPS) is 18.2. The van der Waals surface area contributed by atoms with E-state index < -0.39 is 0 Å². The van der Waals surface area contributed by atoms with Crippen molar-refractivity contribution in [2.45, 2.75) is 26.1 Å². The Morgan fingerprint density at radius 3 is 2.57 bits per heavy atom. The molecule has 0 saturated carbocycles. The Labute approximate surface area is 144 Å². The first-order valence-electron chi connectivity index (χ1n) is 7.87. The molecule has 1 aliphatic rings. The van der Waals surface area contributed by atoms with Gasteiger partial charge in [0.2, 0.25) is 0 Å². The largest absolute Gasteiger partial charge is 0.489 e. The number of rotatable bonds is 5. The van der Waals surface area contributed by atoms with Crippen LogP contribution in [0.4, 0.5) is 0 Å². The lowest BCUT2D eigenvalue weighted by atomic mass is 10.1. The van der Waals surface area contributed by atoms with Gasteiger partial charge in [0, 0.05) is 44.6 Å². The zero-order valence-electron chi connectivity index (χ0n) is 13.4. The molecule has 1 saturated heterocycles. The number of benzene rings is 1. The van der Waals surface area contributed by atoms with Crippen LogP contribution < -0.4 is 10.1 Å². The molecular weight excluding hydrogens is 310 g/mol. The van der Waals surface area contributed by atoms with E-state index in [4.69, 9.17) is 4.74 Å². The van der Waals surface area contributed by atoms with Gasteiger partial charge >= 0.3 is 0 Å². The Bertz CT molecular complexity index is 577. The fraction of sp³-hybridized carbons (Fsp3) is 0.389. The van der Waals surface area contributed by atoms with Gasteiger partial charge in [0.25, 0.3) is 0 Å². The minimum atomic E-state index is 0. The summed E-state index contributed by atoms with van der Waals surface area (Å²) in [7, 11) is 0. The lowest BCUT2D eigenvalue weighted by molar-refractivity contribution is 0.165. The summed E-state index contributed by atoms with van der Waals surface area (Å²) in [6, 6.07) is 13.0. The molecule has 23 heavy (non-hydrogen) atoms. The van der Waals surface area contributed by atoms with Crippen LogP contribution in [0.25, 0.3) is 0 Å². The van der Waals surface area contributed by atoms with Crippen LogP contribution in [0.1, 0.15) is 18.1 Å². The number of nitrogens with one attached hydrogen (secondary N) is 1. The van der Waals surface area contributed by atoms with E-state index >= 15 is 0 Å². The molecule has 0 spiro atoms. The summed E-state index contributed by atoms with van der Waals surface area (Å²) in [5, 5.41) is 3.43. The van der Waals surface area contributed by atoms with Crippen LogP contribution in [-0.2, 0) is 13.2 Å². The van der Waals surface area contributed by atoms with Crippen LogP contribution in [0, 0.1) is 0 Å². The van der Waals surface area contributed by atoms with E-state index in [1.54, 1.807) is 12.4 Å². The summed E-state index contributed by atoms with van der Waals surface area (Å²) in [4.78, 5) is 6.53. The quantitative estimate of drug-likeness (QED) is 0.913. The lowest BCUT2D eigenvalue weighted by Gasteiger charge is -2.33. The molecule has 5 heteroatoms. The highest BCUT2D eigenvalue weighted by molar-refractivity contribution is 5.85. The van der Waals surface area contributed by atoms with Crippen molar-refractivity contribution in [3.05, 3.63) is 59.9 Å². The van der Waals surface area contributed by atoms with Crippen molar-refractivity contribution >= 4 is 12.4 Å². The molecule has 4 nitrogen and oxygen atoms in total. The molecule has 0 bridgehead atoms. The summed E-state index contributed by atoms with van der Waals surface area (Å²) in [5.74, 6) is 0.911. The Kier molecular flexibility index (Phi) is 6.84. The van der Waals surface area contributed by atoms with Crippen LogP contribution >= 0.6 is 12.4 Å². The van der Waals surface area contributed by atoms with Crippen LogP contribution in [0.15, 0.2) is 48.8 Å². The standard InChI is InChI=1S/C18H23N3O.ClH/c1-15-12-20-10-11-21(15)13-16-2-4-18(5-3-16)22-14-17-6-8-19-9-7-17;/h2-9,15,20H,10-14H2,1H3;1H/t15-;/m1./s1. The second-order valence-electron chi connectivity index (χ2n) is 5.81. The van der Waals surface area contributed by atoms with Crippen molar-refractivity contribution in [3.8, 4) is 5.75 Å². The minimum Gasteiger partial charge on any atom is -0.489 e. The van der Waals surface area contributed by atoms with Crippen molar-refractivity contribution in [1.29, 1.82) is 0 Å². The Morgan fingerprint density at radius 1 is 1.13 bits per heavy atom. The zero-order chi connectivity index (χ0) is 15.2. The average molecular weight is 334 g/mol. The minimum absolute atomic E-state index is 0. The number of hydrogen-bond donors (Lipinski definition) is 1. The summed E-state index contributed by atoms with van der Waals surface area (Å²) in [6.07, 6.45) is 3.58. The van der Waals surface area contributed by atoms with Gasteiger partial charge in [-0.05, 0) is 42.3 Å². The summed E-state index contributed by atoms with van der Waals surface area (Å²) < 4.78 is 5.81. The van der Waals surface area contributed by atoms with Gasteiger partial charge in [-0.15, -0.1) is 12.4 Å². The van der Waals surface area contributed by atoms with E-state index in [0.717, 1.165) is 37.5 Å². The van der Waals surface area contributed by atoms with Crippen LogP contribution in [0.2, 0.25) is 0 Å². The van der Waals surface area contributed by atoms with Gasteiger partial charge in [-0.3, -0.25) is 9.88 Å². The van der Waals surface area contributed by atoms with Crippen LogP contribution in [0.3, 0.4) is 0 Å². The number of ether oxygens (including phenoxy) is 1. The number of aromatic nitrogens is 1. The number of nitrogens with zero attached hydrogens (tertiary/aromatic N) is 2. The predicted molar refractivity (Wildman–Crippen MR) is 95.0 cm³/mol. The van der Waals surface area contributed by atoms with E-state index in [9.17, 15) is 0 Å². The highest BCUT2D eigenvalue weighted by atomic mass is 35.5. The van der Waals surface area contributed by atoms with E-state index in [2.05, 4.69) is 46.4 Å². The average Bonchev–Trinajstić information content (AvgIpc) is 2.57. The number of piperazine rings is 1.